The van der Waals surface area contributed by atoms with E-state index in [4.69, 9.17) is 0 Å². The molecular weight excluding hydrogens is 392 g/mol. The van der Waals surface area contributed by atoms with Crippen LogP contribution in [0.4, 0.5) is 0 Å². The number of benzene rings is 3. The van der Waals surface area contributed by atoms with E-state index in [1.807, 2.05) is 66.7 Å². The third-order valence-corrected chi connectivity index (χ3v) is 4.41. The van der Waals surface area contributed by atoms with E-state index in [0.717, 1.165) is 15.6 Å². The minimum absolute atomic E-state index is 0.300. The fourth-order valence-electron chi connectivity index (χ4n) is 2.68. The zero-order chi connectivity index (χ0) is 18.4. The molecule has 5 heteroatoms. The number of halogens is 1. The molecular formula is C21H17BrN2O2. The number of hydrogen-bond acceptors (Lipinski definition) is 2. The maximum atomic E-state index is 12.8. The first kappa shape index (κ1) is 17.9. The summed E-state index contributed by atoms with van der Waals surface area (Å²) in [6.07, 6.45) is 0. The maximum absolute atomic E-state index is 12.8. The van der Waals surface area contributed by atoms with Crippen molar-refractivity contribution in [3.63, 3.8) is 0 Å². The Morgan fingerprint density at radius 2 is 1.31 bits per heavy atom. The topological polar surface area (TPSA) is 58.2 Å². The minimum atomic E-state index is -0.514. The molecule has 130 valence electrons. The van der Waals surface area contributed by atoms with Crippen molar-refractivity contribution >= 4 is 27.7 Å². The number of nitrogens with one attached hydrogen (secondary N) is 2. The molecule has 0 fully saturated rings. The van der Waals surface area contributed by atoms with Gasteiger partial charge in [-0.2, -0.15) is 0 Å². The van der Waals surface area contributed by atoms with Crippen molar-refractivity contribution in [1.82, 2.24) is 10.9 Å². The second-order valence-electron chi connectivity index (χ2n) is 5.71. The van der Waals surface area contributed by atoms with E-state index in [1.54, 1.807) is 18.2 Å². The predicted molar refractivity (Wildman–Crippen MR) is 104 cm³/mol. The van der Waals surface area contributed by atoms with Crippen LogP contribution in [-0.4, -0.2) is 11.8 Å². The zero-order valence-electron chi connectivity index (χ0n) is 13.9. The molecule has 2 N–H and O–H groups in total. The number of rotatable bonds is 4. The van der Waals surface area contributed by atoms with Crippen LogP contribution in [0.15, 0.2) is 89.4 Å². The first-order valence-electron chi connectivity index (χ1n) is 8.11. The lowest BCUT2D eigenvalue weighted by molar-refractivity contribution is -0.122. The van der Waals surface area contributed by atoms with E-state index in [1.165, 1.54) is 0 Å². The number of hydrogen-bond donors (Lipinski definition) is 2. The average molecular weight is 409 g/mol. The van der Waals surface area contributed by atoms with Crippen molar-refractivity contribution in [3.05, 3.63) is 106 Å². The summed E-state index contributed by atoms with van der Waals surface area (Å²) in [6, 6.07) is 25.9. The lowest BCUT2D eigenvalue weighted by Gasteiger charge is -2.18. The fraction of sp³-hybridized carbons (Fsp3) is 0.0476. The fourth-order valence-corrected chi connectivity index (χ4v) is 3.08. The van der Waals surface area contributed by atoms with Gasteiger partial charge < -0.3 is 0 Å². The highest BCUT2D eigenvalue weighted by atomic mass is 79.9. The smallest absolute Gasteiger partial charge is 0.269 e. The van der Waals surface area contributed by atoms with Gasteiger partial charge in [0.25, 0.3) is 5.91 Å². The summed E-state index contributed by atoms with van der Waals surface area (Å²) in [5, 5.41) is 0. The molecule has 0 aliphatic rings. The molecule has 0 aliphatic heterocycles. The molecule has 0 atom stereocenters. The van der Waals surface area contributed by atoms with Crippen LogP contribution in [0.5, 0.6) is 0 Å². The average Bonchev–Trinajstić information content (AvgIpc) is 2.68. The highest BCUT2D eigenvalue weighted by molar-refractivity contribution is 9.10. The molecule has 0 heterocycles. The molecule has 0 aliphatic carbocycles. The molecule has 3 aromatic rings. The Labute approximate surface area is 160 Å². The van der Waals surface area contributed by atoms with Gasteiger partial charge in [-0.05, 0) is 29.3 Å². The third-order valence-electron chi connectivity index (χ3n) is 3.91. The van der Waals surface area contributed by atoms with Crippen molar-refractivity contribution in [2.24, 2.45) is 0 Å². The first-order valence-corrected chi connectivity index (χ1v) is 8.90. The second kappa shape index (κ2) is 8.45. The summed E-state index contributed by atoms with van der Waals surface area (Å²) in [4.78, 5) is 25.1. The van der Waals surface area contributed by atoms with Crippen LogP contribution in [0.1, 0.15) is 27.4 Å². The molecule has 0 spiro atoms. The van der Waals surface area contributed by atoms with E-state index in [-0.39, 0.29) is 11.8 Å². The van der Waals surface area contributed by atoms with Gasteiger partial charge in [-0.15, -0.1) is 0 Å². The quantitative estimate of drug-likeness (QED) is 0.639. The second-order valence-corrected chi connectivity index (χ2v) is 6.62. The van der Waals surface area contributed by atoms with Gasteiger partial charge in [0.15, 0.2) is 0 Å². The Kier molecular flexibility index (Phi) is 5.81. The van der Waals surface area contributed by atoms with Crippen LogP contribution in [0.3, 0.4) is 0 Å². The van der Waals surface area contributed by atoms with E-state index < -0.39 is 5.92 Å². The van der Waals surface area contributed by atoms with Gasteiger partial charge in [0.1, 0.15) is 0 Å². The standard InChI is InChI=1S/C21H17BrN2O2/c22-18-13-7-12-17(14-18)20(25)23-24-21(26)19(15-8-3-1-4-9-15)16-10-5-2-6-11-16/h1-14,19H,(H,23,25)(H,24,26). The summed E-state index contributed by atoms with van der Waals surface area (Å²) in [6.45, 7) is 0. The highest BCUT2D eigenvalue weighted by Gasteiger charge is 2.23. The van der Waals surface area contributed by atoms with E-state index in [9.17, 15) is 9.59 Å². The van der Waals surface area contributed by atoms with Crippen LogP contribution >= 0.6 is 15.9 Å². The Bertz CT molecular complexity index is 859. The van der Waals surface area contributed by atoms with Crippen LogP contribution in [0.2, 0.25) is 0 Å². The van der Waals surface area contributed by atoms with Crippen molar-refractivity contribution in [2.75, 3.05) is 0 Å². The summed E-state index contributed by atoms with van der Waals surface area (Å²) >= 11 is 3.33. The zero-order valence-corrected chi connectivity index (χ0v) is 15.4. The molecule has 0 aromatic heterocycles. The molecule has 0 unspecified atom stereocenters. The van der Waals surface area contributed by atoms with Crippen LogP contribution < -0.4 is 10.9 Å². The van der Waals surface area contributed by atoms with Crippen LogP contribution in [0, 0.1) is 0 Å². The van der Waals surface area contributed by atoms with Crippen LogP contribution in [-0.2, 0) is 4.79 Å². The van der Waals surface area contributed by atoms with Crippen molar-refractivity contribution in [1.29, 1.82) is 0 Å². The van der Waals surface area contributed by atoms with Gasteiger partial charge in [-0.3, -0.25) is 20.4 Å². The Morgan fingerprint density at radius 1 is 0.731 bits per heavy atom. The van der Waals surface area contributed by atoms with Gasteiger partial charge in [0, 0.05) is 10.0 Å². The molecule has 26 heavy (non-hydrogen) atoms. The minimum Gasteiger partial charge on any atom is -0.272 e. The lowest BCUT2D eigenvalue weighted by Crippen LogP contribution is -2.44. The van der Waals surface area contributed by atoms with Crippen LogP contribution in [0.25, 0.3) is 0 Å². The summed E-state index contributed by atoms with van der Waals surface area (Å²) < 4.78 is 0.794. The number of carbonyl (C=O) groups is 2. The Morgan fingerprint density at radius 3 is 1.85 bits per heavy atom. The van der Waals surface area contributed by atoms with Gasteiger partial charge in [0.05, 0.1) is 5.92 Å². The van der Waals surface area contributed by atoms with Crippen molar-refractivity contribution < 1.29 is 9.59 Å². The maximum Gasteiger partial charge on any atom is 0.269 e. The van der Waals surface area contributed by atoms with Gasteiger partial charge in [-0.25, -0.2) is 0 Å². The predicted octanol–water partition coefficient (Wildman–Crippen LogP) is 4.04. The molecule has 3 aromatic carbocycles. The normalized spacial score (nSPS) is 10.4. The van der Waals surface area contributed by atoms with E-state index in [0.29, 0.717) is 5.56 Å². The molecule has 0 saturated carbocycles. The summed E-state index contributed by atoms with van der Waals surface area (Å²) in [5.41, 5.74) is 7.19. The molecule has 0 bridgehead atoms. The lowest BCUT2D eigenvalue weighted by atomic mass is 9.91. The Balaban J connectivity index is 1.77. The van der Waals surface area contributed by atoms with Crippen molar-refractivity contribution in [2.45, 2.75) is 5.92 Å². The number of amides is 2. The largest absolute Gasteiger partial charge is 0.272 e. The molecule has 2 amide bonds. The summed E-state index contributed by atoms with van der Waals surface area (Å²) in [5.74, 6) is -1.19. The number of carbonyl (C=O) groups excluding carboxylic acids is 2. The van der Waals surface area contributed by atoms with E-state index in [2.05, 4.69) is 26.8 Å². The van der Waals surface area contributed by atoms with Crippen molar-refractivity contribution in [3.8, 4) is 0 Å². The third kappa shape index (κ3) is 4.37. The molecule has 3 rings (SSSR count). The Hall–Kier alpha value is -2.92. The molecule has 4 nitrogen and oxygen atoms in total. The molecule has 0 radical (unpaired) electrons. The highest BCUT2D eigenvalue weighted by Crippen LogP contribution is 2.24. The number of hydrazine groups is 1. The van der Waals surface area contributed by atoms with Gasteiger partial charge in [0.2, 0.25) is 5.91 Å². The summed E-state index contributed by atoms with van der Waals surface area (Å²) in [7, 11) is 0. The first-order chi connectivity index (χ1) is 12.6. The van der Waals surface area contributed by atoms with Gasteiger partial charge in [-0.1, -0.05) is 82.7 Å². The monoisotopic (exact) mass is 408 g/mol. The van der Waals surface area contributed by atoms with Gasteiger partial charge >= 0.3 is 0 Å². The van der Waals surface area contributed by atoms with E-state index >= 15 is 0 Å². The SMILES string of the molecule is O=C(NNC(=O)C(c1ccccc1)c1ccccc1)c1cccc(Br)c1. The molecule has 0 saturated heterocycles.